The van der Waals surface area contributed by atoms with E-state index in [1.54, 1.807) is 24.3 Å². The highest BCUT2D eigenvalue weighted by molar-refractivity contribution is 14.1. The van der Waals surface area contributed by atoms with Crippen LogP contribution in [0, 0.1) is 3.57 Å². The van der Waals surface area contributed by atoms with Crippen molar-refractivity contribution in [2.45, 2.75) is 6.18 Å². The number of primary amides is 1. The maximum absolute atomic E-state index is 12.6. The summed E-state index contributed by atoms with van der Waals surface area (Å²) in [7, 11) is 0. The first-order valence-electron chi connectivity index (χ1n) is 5.72. The first-order chi connectivity index (χ1) is 9.77. The molecular formula is C14H9F3INO2. The highest BCUT2D eigenvalue weighted by Crippen LogP contribution is 2.34. The van der Waals surface area contributed by atoms with Crippen molar-refractivity contribution in [2.24, 2.45) is 5.73 Å². The van der Waals surface area contributed by atoms with Crippen LogP contribution in [0.15, 0.2) is 42.5 Å². The lowest BCUT2D eigenvalue weighted by Gasteiger charge is -2.12. The molecule has 21 heavy (non-hydrogen) atoms. The van der Waals surface area contributed by atoms with Crippen LogP contribution in [-0.2, 0) is 6.18 Å². The van der Waals surface area contributed by atoms with Gasteiger partial charge in [0.2, 0.25) is 0 Å². The van der Waals surface area contributed by atoms with Gasteiger partial charge in [0.05, 0.1) is 11.1 Å². The topological polar surface area (TPSA) is 52.3 Å². The quantitative estimate of drug-likeness (QED) is 0.776. The van der Waals surface area contributed by atoms with E-state index in [2.05, 4.69) is 22.6 Å². The summed E-state index contributed by atoms with van der Waals surface area (Å²) in [5, 5.41) is 0. The molecule has 0 spiro atoms. The first kappa shape index (κ1) is 15.6. The number of ether oxygens (including phenoxy) is 1. The summed E-state index contributed by atoms with van der Waals surface area (Å²) in [6, 6.07) is 9.43. The molecule has 0 heterocycles. The third kappa shape index (κ3) is 3.87. The van der Waals surface area contributed by atoms with E-state index in [-0.39, 0.29) is 11.3 Å². The van der Waals surface area contributed by atoms with Crippen LogP contribution in [0.4, 0.5) is 13.2 Å². The molecule has 0 atom stereocenters. The van der Waals surface area contributed by atoms with Gasteiger partial charge in [-0.1, -0.05) is 0 Å². The van der Waals surface area contributed by atoms with Crippen LogP contribution in [0.3, 0.4) is 0 Å². The Bertz CT molecular complexity index is 669. The van der Waals surface area contributed by atoms with Crippen molar-refractivity contribution in [1.29, 1.82) is 0 Å². The van der Waals surface area contributed by atoms with Crippen molar-refractivity contribution in [3.63, 3.8) is 0 Å². The predicted molar refractivity (Wildman–Crippen MR) is 79.2 cm³/mol. The average Bonchev–Trinajstić information content (AvgIpc) is 2.40. The van der Waals surface area contributed by atoms with E-state index in [0.29, 0.717) is 11.8 Å². The molecule has 0 saturated carbocycles. The Morgan fingerprint density at radius 3 is 2.24 bits per heavy atom. The van der Waals surface area contributed by atoms with Gasteiger partial charge in [0.1, 0.15) is 11.5 Å². The smallest absolute Gasteiger partial charge is 0.416 e. The standard InChI is InChI=1S/C14H9F3INO2/c15-14(16,17)8-1-6-12(11(7-8)13(19)20)21-10-4-2-9(18)3-5-10/h1-7H,(H2,19,20). The molecule has 2 N–H and O–H groups in total. The first-order valence-corrected chi connectivity index (χ1v) is 6.80. The average molecular weight is 407 g/mol. The van der Waals surface area contributed by atoms with Gasteiger partial charge in [-0.2, -0.15) is 13.2 Å². The van der Waals surface area contributed by atoms with E-state index in [1.165, 1.54) is 0 Å². The van der Waals surface area contributed by atoms with E-state index in [1.807, 2.05) is 0 Å². The molecule has 0 saturated heterocycles. The molecule has 0 unspecified atom stereocenters. The minimum Gasteiger partial charge on any atom is -0.457 e. The fourth-order valence-corrected chi connectivity index (χ4v) is 1.98. The normalized spacial score (nSPS) is 11.2. The number of nitrogens with two attached hydrogens (primary N) is 1. The molecular weight excluding hydrogens is 398 g/mol. The zero-order chi connectivity index (χ0) is 15.6. The summed E-state index contributed by atoms with van der Waals surface area (Å²) in [4.78, 5) is 11.3. The summed E-state index contributed by atoms with van der Waals surface area (Å²) in [6.45, 7) is 0. The minimum atomic E-state index is -4.55. The maximum atomic E-state index is 12.6. The van der Waals surface area contributed by atoms with Gasteiger partial charge in [0, 0.05) is 3.57 Å². The molecule has 0 fully saturated rings. The largest absolute Gasteiger partial charge is 0.457 e. The van der Waals surface area contributed by atoms with Gasteiger partial charge in [-0.3, -0.25) is 4.79 Å². The summed E-state index contributed by atoms with van der Waals surface area (Å²) < 4.78 is 44.3. The van der Waals surface area contributed by atoms with E-state index >= 15 is 0 Å². The molecule has 3 nitrogen and oxygen atoms in total. The molecule has 1 amide bonds. The van der Waals surface area contributed by atoms with Gasteiger partial charge >= 0.3 is 6.18 Å². The Morgan fingerprint density at radius 2 is 1.71 bits per heavy atom. The lowest BCUT2D eigenvalue weighted by molar-refractivity contribution is -0.137. The fourth-order valence-electron chi connectivity index (χ4n) is 1.62. The molecule has 2 aromatic rings. The molecule has 0 bridgehead atoms. The minimum absolute atomic E-state index is 0.0169. The molecule has 0 aliphatic heterocycles. The van der Waals surface area contributed by atoms with Crippen LogP contribution < -0.4 is 10.5 Å². The zero-order valence-corrected chi connectivity index (χ0v) is 12.6. The van der Waals surface area contributed by atoms with Gasteiger partial charge in [0.25, 0.3) is 5.91 Å². The van der Waals surface area contributed by atoms with E-state index < -0.39 is 17.6 Å². The number of carbonyl (C=O) groups is 1. The Kier molecular flexibility index (Phi) is 4.40. The number of hydrogen-bond donors (Lipinski definition) is 1. The van der Waals surface area contributed by atoms with Crippen LogP contribution >= 0.6 is 22.6 Å². The van der Waals surface area contributed by atoms with Crippen molar-refractivity contribution < 1.29 is 22.7 Å². The number of carbonyl (C=O) groups excluding carboxylic acids is 1. The van der Waals surface area contributed by atoms with Gasteiger partial charge in [0.15, 0.2) is 0 Å². The molecule has 2 aromatic carbocycles. The molecule has 0 radical (unpaired) electrons. The molecule has 7 heteroatoms. The summed E-state index contributed by atoms with van der Waals surface area (Å²) in [5.74, 6) is -0.601. The van der Waals surface area contributed by atoms with E-state index in [0.717, 1.165) is 15.7 Å². The molecule has 0 aromatic heterocycles. The van der Waals surface area contributed by atoms with Gasteiger partial charge < -0.3 is 10.5 Å². The highest BCUT2D eigenvalue weighted by Gasteiger charge is 2.31. The van der Waals surface area contributed by atoms with Crippen molar-refractivity contribution in [3.05, 3.63) is 57.2 Å². The monoisotopic (exact) mass is 407 g/mol. The van der Waals surface area contributed by atoms with Gasteiger partial charge in [-0.05, 0) is 65.1 Å². The van der Waals surface area contributed by atoms with E-state index in [9.17, 15) is 18.0 Å². The second-order valence-electron chi connectivity index (χ2n) is 4.13. The summed E-state index contributed by atoms with van der Waals surface area (Å²) in [5.41, 5.74) is 3.85. The Balaban J connectivity index is 2.39. The fraction of sp³-hybridized carbons (Fsp3) is 0.0714. The van der Waals surface area contributed by atoms with Crippen molar-refractivity contribution >= 4 is 28.5 Å². The van der Waals surface area contributed by atoms with Crippen molar-refractivity contribution in [1.82, 2.24) is 0 Å². The summed E-state index contributed by atoms with van der Waals surface area (Å²) >= 11 is 2.10. The van der Waals surface area contributed by atoms with Crippen LogP contribution in [0.2, 0.25) is 0 Å². The second-order valence-corrected chi connectivity index (χ2v) is 5.37. The Hall–Kier alpha value is -1.77. The SMILES string of the molecule is NC(=O)c1cc(C(F)(F)F)ccc1Oc1ccc(I)cc1. The highest BCUT2D eigenvalue weighted by atomic mass is 127. The van der Waals surface area contributed by atoms with Crippen molar-refractivity contribution in [3.8, 4) is 11.5 Å². The number of benzene rings is 2. The second kappa shape index (κ2) is 5.92. The predicted octanol–water partition coefficient (Wildman–Crippen LogP) is 4.20. The van der Waals surface area contributed by atoms with Gasteiger partial charge in [-0.25, -0.2) is 0 Å². The third-order valence-electron chi connectivity index (χ3n) is 2.61. The lowest BCUT2D eigenvalue weighted by Crippen LogP contribution is -2.14. The maximum Gasteiger partial charge on any atom is 0.416 e. The molecule has 0 aliphatic rings. The van der Waals surface area contributed by atoms with Crippen molar-refractivity contribution in [2.75, 3.05) is 0 Å². The third-order valence-corrected chi connectivity index (χ3v) is 3.33. The Labute approximate surface area is 132 Å². The molecule has 110 valence electrons. The number of hydrogen-bond acceptors (Lipinski definition) is 2. The molecule has 0 aliphatic carbocycles. The number of amides is 1. The zero-order valence-electron chi connectivity index (χ0n) is 10.4. The van der Waals surface area contributed by atoms with Crippen LogP contribution in [0.5, 0.6) is 11.5 Å². The number of halogens is 4. The summed E-state index contributed by atoms with van der Waals surface area (Å²) in [6.07, 6.45) is -4.55. The number of rotatable bonds is 3. The van der Waals surface area contributed by atoms with Crippen LogP contribution in [0.1, 0.15) is 15.9 Å². The number of alkyl halides is 3. The lowest BCUT2D eigenvalue weighted by atomic mass is 10.1. The van der Waals surface area contributed by atoms with Crippen LogP contribution in [-0.4, -0.2) is 5.91 Å². The van der Waals surface area contributed by atoms with E-state index in [4.69, 9.17) is 10.5 Å². The molecule has 2 rings (SSSR count). The van der Waals surface area contributed by atoms with Gasteiger partial charge in [-0.15, -0.1) is 0 Å². The van der Waals surface area contributed by atoms with Crippen LogP contribution in [0.25, 0.3) is 0 Å². The Morgan fingerprint density at radius 1 is 1.10 bits per heavy atom.